The number of rotatable bonds is 3. The van der Waals surface area contributed by atoms with Crippen LogP contribution in [0.15, 0.2) is 24.3 Å². The summed E-state index contributed by atoms with van der Waals surface area (Å²) >= 11 is 0. The first-order valence-electron chi connectivity index (χ1n) is 13.9. The van der Waals surface area contributed by atoms with Crippen molar-refractivity contribution in [3.63, 3.8) is 0 Å². The number of amides is 1. The van der Waals surface area contributed by atoms with Crippen LogP contribution in [0.25, 0.3) is 0 Å². The molecule has 36 heavy (non-hydrogen) atoms. The Morgan fingerprint density at radius 2 is 1.72 bits per heavy atom. The molecule has 4 fully saturated rings. The van der Waals surface area contributed by atoms with Crippen LogP contribution in [0.1, 0.15) is 88.8 Å². The fourth-order valence-corrected chi connectivity index (χ4v) is 9.05. The van der Waals surface area contributed by atoms with Crippen LogP contribution in [-0.2, 0) is 4.79 Å². The van der Waals surface area contributed by atoms with Crippen molar-refractivity contribution in [2.75, 3.05) is 7.05 Å². The van der Waals surface area contributed by atoms with Crippen molar-refractivity contribution in [3.05, 3.63) is 35.4 Å². The van der Waals surface area contributed by atoms with Crippen LogP contribution in [0.2, 0.25) is 0 Å². The summed E-state index contributed by atoms with van der Waals surface area (Å²) in [5.41, 5.74) is 1.62. The number of hydrogen-bond acceptors (Lipinski definition) is 2. The molecule has 6 heteroatoms. The molecule has 0 aliphatic heterocycles. The number of fused-ring (bicyclic) bond motifs is 5. The molecule has 1 aromatic rings. The first kappa shape index (κ1) is 25.6. The Hall–Kier alpha value is -2.03. The summed E-state index contributed by atoms with van der Waals surface area (Å²) in [6, 6.07) is 9.55. The van der Waals surface area contributed by atoms with E-state index >= 15 is 0 Å². The Bertz CT molecular complexity index is 1010. The molecule has 9 unspecified atom stereocenters. The molecule has 3 nitrogen and oxygen atoms in total. The molecule has 1 amide bonds. The second kappa shape index (κ2) is 9.37. The van der Waals surface area contributed by atoms with E-state index < -0.39 is 12.1 Å². The zero-order valence-electron chi connectivity index (χ0n) is 21.7. The Morgan fingerprint density at radius 3 is 2.39 bits per heavy atom. The summed E-state index contributed by atoms with van der Waals surface area (Å²) in [6.07, 6.45) is 3.34. The lowest BCUT2D eigenvalue weighted by Gasteiger charge is -2.56. The van der Waals surface area contributed by atoms with Gasteiger partial charge in [0.15, 0.2) is 0 Å². The topological polar surface area (TPSA) is 44.1 Å². The number of carbonyl (C=O) groups excluding carboxylic acids is 1. The van der Waals surface area contributed by atoms with Gasteiger partial charge in [0.05, 0.1) is 23.6 Å². The number of hydrogen-bond donors (Lipinski definition) is 0. The number of nitriles is 1. The van der Waals surface area contributed by atoms with Crippen molar-refractivity contribution >= 4 is 5.91 Å². The molecule has 0 saturated heterocycles. The molecule has 1 aromatic carbocycles. The summed E-state index contributed by atoms with van der Waals surface area (Å²) in [5, 5.41) is 9.08. The molecule has 0 heterocycles. The maximum absolute atomic E-state index is 13.8. The summed E-state index contributed by atoms with van der Waals surface area (Å²) in [6.45, 7) is 4.37. The highest BCUT2D eigenvalue weighted by Gasteiger charge is 2.59. The van der Waals surface area contributed by atoms with Crippen LogP contribution in [0, 0.1) is 58.2 Å². The molecule has 0 aromatic heterocycles. The van der Waals surface area contributed by atoms with Crippen molar-refractivity contribution in [2.24, 2.45) is 46.8 Å². The monoisotopic (exact) mass is 500 g/mol. The lowest BCUT2D eigenvalue weighted by molar-refractivity contribution is -0.196. The second-order valence-electron chi connectivity index (χ2n) is 12.5. The minimum atomic E-state index is -4.05. The third-order valence-electron chi connectivity index (χ3n) is 11.2. The van der Waals surface area contributed by atoms with Crippen LogP contribution in [0.4, 0.5) is 13.2 Å². The lowest BCUT2D eigenvalue weighted by Crippen LogP contribution is -2.51. The minimum Gasteiger partial charge on any atom is -0.339 e. The molecule has 9 atom stereocenters. The van der Waals surface area contributed by atoms with Gasteiger partial charge in [0, 0.05) is 13.0 Å². The molecule has 4 aliphatic rings. The van der Waals surface area contributed by atoms with E-state index in [2.05, 4.69) is 13.0 Å². The highest BCUT2D eigenvalue weighted by Crippen LogP contribution is 2.65. The summed E-state index contributed by atoms with van der Waals surface area (Å²) in [4.78, 5) is 15.7. The number of alkyl halides is 3. The summed E-state index contributed by atoms with van der Waals surface area (Å²) in [7, 11) is 1.90. The number of nitrogens with zero attached hydrogens (tertiary/aromatic N) is 2. The van der Waals surface area contributed by atoms with Crippen molar-refractivity contribution < 1.29 is 18.0 Å². The van der Waals surface area contributed by atoms with Crippen molar-refractivity contribution in [1.29, 1.82) is 5.26 Å². The Kier molecular flexibility index (Phi) is 6.67. The fraction of sp³-hybridized carbons (Fsp3) is 0.733. The smallest absolute Gasteiger partial charge is 0.339 e. The highest BCUT2D eigenvalue weighted by atomic mass is 19.4. The van der Waals surface area contributed by atoms with Crippen LogP contribution >= 0.6 is 0 Å². The molecule has 0 N–H and O–H groups in total. The quantitative estimate of drug-likeness (QED) is 0.431. The van der Waals surface area contributed by atoms with E-state index in [9.17, 15) is 18.0 Å². The predicted molar refractivity (Wildman–Crippen MR) is 132 cm³/mol. The standard InChI is InChI=1S/C30H39F3N2O/c1-18(20-6-4-19(17-34)5-7-20)35(3)28(36)27-13-12-26-25-10-8-21-16-22(30(31,32)33)9-11-23(21)24(25)14-15-29(26,27)2/h4-7,18,21-27H,8-16H2,1-3H3. The number of benzene rings is 1. The molecule has 0 spiro atoms. The maximum atomic E-state index is 13.8. The Balaban J connectivity index is 1.28. The third-order valence-corrected chi connectivity index (χ3v) is 11.2. The Labute approximate surface area is 213 Å². The van der Waals surface area contributed by atoms with E-state index in [1.54, 1.807) is 12.1 Å². The molecule has 4 aliphatic carbocycles. The van der Waals surface area contributed by atoms with E-state index in [1.165, 1.54) is 0 Å². The van der Waals surface area contributed by atoms with E-state index in [1.807, 2.05) is 31.0 Å². The third kappa shape index (κ3) is 4.25. The normalized spacial score (nSPS) is 38.8. The molecular weight excluding hydrogens is 461 g/mol. The molecule has 196 valence electrons. The van der Waals surface area contributed by atoms with Gasteiger partial charge in [-0.05, 0) is 117 Å². The average Bonchev–Trinajstić information content (AvgIpc) is 3.23. The zero-order valence-corrected chi connectivity index (χ0v) is 21.7. The van der Waals surface area contributed by atoms with Gasteiger partial charge in [-0.3, -0.25) is 4.79 Å². The first-order chi connectivity index (χ1) is 17.0. The minimum absolute atomic E-state index is 0.00738. The molecule has 0 radical (unpaired) electrons. The van der Waals surface area contributed by atoms with Crippen LogP contribution in [0.5, 0.6) is 0 Å². The predicted octanol–water partition coefficient (Wildman–Crippen LogP) is 7.52. The van der Waals surface area contributed by atoms with Crippen molar-refractivity contribution in [3.8, 4) is 6.07 Å². The van der Waals surface area contributed by atoms with Crippen LogP contribution < -0.4 is 0 Å². The second-order valence-corrected chi connectivity index (χ2v) is 12.5. The van der Waals surface area contributed by atoms with E-state index in [4.69, 9.17) is 5.26 Å². The summed E-state index contributed by atoms with van der Waals surface area (Å²) < 4.78 is 40.2. The van der Waals surface area contributed by atoms with Gasteiger partial charge in [-0.15, -0.1) is 0 Å². The van der Waals surface area contributed by atoms with Gasteiger partial charge in [0.1, 0.15) is 0 Å². The molecule has 5 rings (SSSR count). The lowest BCUT2D eigenvalue weighted by atomic mass is 9.49. The average molecular weight is 501 g/mol. The van der Waals surface area contributed by atoms with Gasteiger partial charge in [0.25, 0.3) is 0 Å². The van der Waals surface area contributed by atoms with Gasteiger partial charge >= 0.3 is 6.18 Å². The highest BCUT2D eigenvalue weighted by molar-refractivity contribution is 5.80. The van der Waals surface area contributed by atoms with Crippen molar-refractivity contribution in [2.45, 2.75) is 83.9 Å². The van der Waals surface area contributed by atoms with E-state index in [0.717, 1.165) is 50.5 Å². The molecule has 0 bridgehead atoms. The largest absolute Gasteiger partial charge is 0.391 e. The van der Waals surface area contributed by atoms with Crippen LogP contribution in [-0.4, -0.2) is 24.0 Å². The van der Waals surface area contributed by atoms with Gasteiger partial charge in [0.2, 0.25) is 5.91 Å². The maximum Gasteiger partial charge on any atom is 0.391 e. The van der Waals surface area contributed by atoms with Crippen LogP contribution in [0.3, 0.4) is 0 Å². The van der Waals surface area contributed by atoms with Gasteiger partial charge in [-0.1, -0.05) is 19.1 Å². The van der Waals surface area contributed by atoms with Gasteiger partial charge in [-0.2, -0.15) is 18.4 Å². The van der Waals surface area contributed by atoms with Gasteiger partial charge < -0.3 is 4.90 Å². The van der Waals surface area contributed by atoms with E-state index in [-0.39, 0.29) is 29.2 Å². The first-order valence-corrected chi connectivity index (χ1v) is 13.9. The fourth-order valence-electron chi connectivity index (χ4n) is 9.05. The summed E-state index contributed by atoms with van der Waals surface area (Å²) in [5.74, 6) is 1.40. The number of halogens is 3. The number of carbonyl (C=O) groups is 1. The van der Waals surface area contributed by atoms with E-state index in [0.29, 0.717) is 42.1 Å². The zero-order chi connectivity index (χ0) is 25.8. The Morgan fingerprint density at radius 1 is 1.03 bits per heavy atom. The SMILES string of the molecule is CC(c1ccc(C#N)cc1)N(C)C(=O)C1CCC2C3CCC4CC(C(F)(F)F)CCC4C3CCC12C. The van der Waals surface area contributed by atoms with Crippen molar-refractivity contribution in [1.82, 2.24) is 4.90 Å². The molecular formula is C30H39F3N2O. The molecule has 4 saturated carbocycles. The van der Waals surface area contributed by atoms with Gasteiger partial charge in [-0.25, -0.2) is 0 Å².